The maximum Gasteiger partial charge on any atom is 0.365 e. The zero-order chi connectivity index (χ0) is 10.7. The summed E-state index contributed by atoms with van der Waals surface area (Å²) < 4.78 is 5.23. The van der Waals surface area contributed by atoms with Crippen LogP contribution in [-0.4, -0.2) is 47.3 Å². The molecule has 0 amide bonds. The first kappa shape index (κ1) is 10.5. The highest BCUT2D eigenvalue weighted by molar-refractivity contribution is 7.11. The molecule has 0 spiro atoms. The Labute approximate surface area is 91.3 Å². The van der Waals surface area contributed by atoms with Crippen LogP contribution in [0.4, 0.5) is 0 Å². The monoisotopic (exact) mass is 228 g/mol. The van der Waals surface area contributed by atoms with Gasteiger partial charge in [0.05, 0.1) is 18.9 Å². The molecule has 0 bridgehead atoms. The van der Waals surface area contributed by atoms with Crippen LogP contribution < -0.4 is 0 Å². The number of aromatic carboxylic acids is 1. The van der Waals surface area contributed by atoms with Crippen LogP contribution in [0.5, 0.6) is 0 Å². The minimum atomic E-state index is -0.951. The fraction of sp³-hybridized carbons (Fsp3) is 0.556. The third-order valence-corrected chi connectivity index (χ3v) is 3.10. The maximum atomic E-state index is 10.6. The van der Waals surface area contributed by atoms with Crippen LogP contribution >= 0.6 is 11.3 Å². The molecule has 6 heteroatoms. The summed E-state index contributed by atoms with van der Waals surface area (Å²) in [5.41, 5.74) is 0.833. The molecule has 1 aromatic heterocycles. The van der Waals surface area contributed by atoms with Gasteiger partial charge in [-0.1, -0.05) is 0 Å². The van der Waals surface area contributed by atoms with Crippen molar-refractivity contribution in [3.05, 3.63) is 16.1 Å². The Morgan fingerprint density at radius 1 is 1.60 bits per heavy atom. The van der Waals surface area contributed by atoms with E-state index in [2.05, 4.69) is 9.88 Å². The number of rotatable bonds is 3. The standard InChI is InChI=1S/C9H12N2O3S/c12-9(13)8-10-7(6-15-8)5-11-1-3-14-4-2-11/h6H,1-5H2,(H,12,13). The summed E-state index contributed by atoms with van der Waals surface area (Å²) in [5, 5.41) is 10.7. The van der Waals surface area contributed by atoms with Gasteiger partial charge < -0.3 is 9.84 Å². The molecular formula is C9H12N2O3S. The SMILES string of the molecule is O=C(O)c1nc(CN2CCOCC2)cs1. The topological polar surface area (TPSA) is 62.7 Å². The lowest BCUT2D eigenvalue weighted by Crippen LogP contribution is -2.35. The number of hydrogen-bond donors (Lipinski definition) is 1. The van der Waals surface area contributed by atoms with Crippen molar-refractivity contribution in [2.75, 3.05) is 26.3 Å². The van der Waals surface area contributed by atoms with Crippen molar-refractivity contribution in [3.63, 3.8) is 0 Å². The number of carbonyl (C=O) groups is 1. The molecule has 1 N–H and O–H groups in total. The van der Waals surface area contributed by atoms with E-state index in [-0.39, 0.29) is 5.01 Å². The van der Waals surface area contributed by atoms with Gasteiger partial charge in [-0.2, -0.15) is 0 Å². The molecule has 1 fully saturated rings. The molecule has 0 aromatic carbocycles. The van der Waals surface area contributed by atoms with E-state index in [0.29, 0.717) is 6.54 Å². The average molecular weight is 228 g/mol. The summed E-state index contributed by atoms with van der Waals surface area (Å²) >= 11 is 1.18. The Bertz CT molecular complexity index is 347. The number of ether oxygens (including phenoxy) is 1. The predicted octanol–water partition coefficient (Wildman–Crippen LogP) is 0.673. The normalized spacial score (nSPS) is 17.9. The minimum absolute atomic E-state index is 0.165. The van der Waals surface area contributed by atoms with E-state index in [4.69, 9.17) is 9.84 Å². The summed E-state index contributed by atoms with van der Waals surface area (Å²) in [6.45, 7) is 3.98. The molecule has 2 heterocycles. The Balaban J connectivity index is 1.94. The van der Waals surface area contributed by atoms with Gasteiger partial charge in [0.15, 0.2) is 0 Å². The molecule has 0 aliphatic carbocycles. The lowest BCUT2D eigenvalue weighted by atomic mass is 10.3. The van der Waals surface area contributed by atoms with Gasteiger partial charge in [-0.05, 0) is 0 Å². The van der Waals surface area contributed by atoms with Crippen molar-refractivity contribution in [2.45, 2.75) is 6.54 Å². The summed E-state index contributed by atoms with van der Waals surface area (Å²) in [6.07, 6.45) is 0. The zero-order valence-electron chi connectivity index (χ0n) is 8.18. The molecular weight excluding hydrogens is 216 g/mol. The highest BCUT2D eigenvalue weighted by atomic mass is 32.1. The van der Waals surface area contributed by atoms with Gasteiger partial charge in [-0.15, -0.1) is 11.3 Å². The van der Waals surface area contributed by atoms with Gasteiger partial charge >= 0.3 is 5.97 Å². The molecule has 0 radical (unpaired) electrons. The van der Waals surface area contributed by atoms with Crippen molar-refractivity contribution < 1.29 is 14.6 Å². The molecule has 15 heavy (non-hydrogen) atoms. The molecule has 0 atom stereocenters. The van der Waals surface area contributed by atoms with Crippen molar-refractivity contribution >= 4 is 17.3 Å². The average Bonchev–Trinajstić information content (AvgIpc) is 2.68. The number of carboxylic acids is 1. The van der Waals surface area contributed by atoms with Gasteiger partial charge in [0.2, 0.25) is 5.01 Å². The van der Waals surface area contributed by atoms with Crippen LogP contribution in [0.3, 0.4) is 0 Å². The molecule has 2 rings (SSSR count). The van der Waals surface area contributed by atoms with Crippen LogP contribution in [0.1, 0.15) is 15.5 Å². The van der Waals surface area contributed by atoms with Crippen LogP contribution in [0.2, 0.25) is 0 Å². The maximum absolute atomic E-state index is 10.6. The molecule has 5 nitrogen and oxygen atoms in total. The Kier molecular flexibility index (Phi) is 3.30. The molecule has 1 aromatic rings. The van der Waals surface area contributed by atoms with Crippen LogP contribution in [0.15, 0.2) is 5.38 Å². The molecule has 1 saturated heterocycles. The summed E-state index contributed by atoms with van der Waals surface area (Å²) in [6, 6.07) is 0. The lowest BCUT2D eigenvalue weighted by Gasteiger charge is -2.25. The third-order valence-electron chi connectivity index (χ3n) is 2.22. The fourth-order valence-electron chi connectivity index (χ4n) is 1.47. The van der Waals surface area contributed by atoms with Crippen LogP contribution in [0, 0.1) is 0 Å². The largest absolute Gasteiger partial charge is 0.476 e. The number of nitrogens with zero attached hydrogens (tertiary/aromatic N) is 2. The molecule has 0 unspecified atom stereocenters. The van der Waals surface area contributed by atoms with E-state index in [0.717, 1.165) is 32.0 Å². The first-order valence-corrected chi connectivity index (χ1v) is 5.61. The summed E-state index contributed by atoms with van der Waals surface area (Å²) in [4.78, 5) is 16.9. The number of thiazole rings is 1. The molecule has 1 aliphatic heterocycles. The van der Waals surface area contributed by atoms with E-state index in [1.807, 2.05) is 0 Å². The van der Waals surface area contributed by atoms with Gasteiger partial charge in [-0.3, -0.25) is 4.90 Å². The van der Waals surface area contributed by atoms with E-state index in [9.17, 15) is 4.79 Å². The third kappa shape index (κ3) is 2.74. The second-order valence-electron chi connectivity index (χ2n) is 3.34. The zero-order valence-corrected chi connectivity index (χ0v) is 9.00. The Morgan fingerprint density at radius 3 is 2.93 bits per heavy atom. The smallest absolute Gasteiger partial charge is 0.365 e. The fourth-order valence-corrected chi connectivity index (χ4v) is 2.11. The first-order valence-electron chi connectivity index (χ1n) is 4.73. The second kappa shape index (κ2) is 4.69. The Morgan fingerprint density at radius 2 is 2.33 bits per heavy atom. The number of carboxylic acid groups (broad SMARTS) is 1. The number of hydrogen-bond acceptors (Lipinski definition) is 5. The van der Waals surface area contributed by atoms with Crippen molar-refractivity contribution in [1.82, 2.24) is 9.88 Å². The summed E-state index contributed by atoms with van der Waals surface area (Å²) in [7, 11) is 0. The lowest BCUT2D eigenvalue weighted by molar-refractivity contribution is 0.0336. The highest BCUT2D eigenvalue weighted by Gasteiger charge is 2.14. The number of morpholine rings is 1. The van der Waals surface area contributed by atoms with Crippen molar-refractivity contribution in [3.8, 4) is 0 Å². The van der Waals surface area contributed by atoms with Gasteiger partial charge in [-0.25, -0.2) is 9.78 Å². The van der Waals surface area contributed by atoms with Gasteiger partial charge in [0.25, 0.3) is 0 Å². The molecule has 82 valence electrons. The number of aromatic nitrogens is 1. The summed E-state index contributed by atoms with van der Waals surface area (Å²) in [5.74, 6) is -0.951. The van der Waals surface area contributed by atoms with Crippen LogP contribution in [-0.2, 0) is 11.3 Å². The quantitative estimate of drug-likeness (QED) is 0.824. The second-order valence-corrected chi connectivity index (χ2v) is 4.20. The van der Waals surface area contributed by atoms with Crippen molar-refractivity contribution in [1.29, 1.82) is 0 Å². The van der Waals surface area contributed by atoms with Crippen LogP contribution in [0.25, 0.3) is 0 Å². The van der Waals surface area contributed by atoms with E-state index in [1.165, 1.54) is 11.3 Å². The first-order chi connectivity index (χ1) is 7.25. The van der Waals surface area contributed by atoms with Gasteiger partial charge in [0, 0.05) is 25.0 Å². The Hall–Kier alpha value is -0.980. The van der Waals surface area contributed by atoms with E-state index < -0.39 is 5.97 Å². The highest BCUT2D eigenvalue weighted by Crippen LogP contribution is 2.12. The van der Waals surface area contributed by atoms with E-state index >= 15 is 0 Å². The van der Waals surface area contributed by atoms with Crippen molar-refractivity contribution in [2.24, 2.45) is 0 Å². The molecule has 1 aliphatic rings. The minimum Gasteiger partial charge on any atom is -0.476 e. The van der Waals surface area contributed by atoms with E-state index in [1.54, 1.807) is 5.38 Å². The predicted molar refractivity (Wildman–Crippen MR) is 55.2 cm³/mol. The van der Waals surface area contributed by atoms with Gasteiger partial charge in [0.1, 0.15) is 0 Å². The molecule has 0 saturated carbocycles.